The number of thiazole rings is 1. The molecule has 1 amide bonds. The van der Waals surface area contributed by atoms with Crippen LogP contribution in [0.25, 0.3) is 26.9 Å². The van der Waals surface area contributed by atoms with E-state index in [4.69, 9.17) is 0 Å². The van der Waals surface area contributed by atoms with Gasteiger partial charge in [0, 0.05) is 11.3 Å². The Morgan fingerprint density at radius 3 is 2.44 bits per heavy atom. The number of hydrogen-bond donors (Lipinski definition) is 1. The van der Waals surface area contributed by atoms with Crippen molar-refractivity contribution in [1.82, 2.24) is 14.5 Å². The third-order valence-corrected chi connectivity index (χ3v) is 5.33. The van der Waals surface area contributed by atoms with Gasteiger partial charge < -0.3 is 0 Å². The molecule has 3 aromatic carbocycles. The van der Waals surface area contributed by atoms with Crippen LogP contribution >= 0.6 is 11.3 Å². The Morgan fingerprint density at radius 2 is 1.63 bits per heavy atom. The minimum absolute atomic E-state index is 0.170. The lowest BCUT2D eigenvalue weighted by Gasteiger charge is -2.06. The number of benzene rings is 3. The average molecular weight is 370 g/mol. The first-order valence-corrected chi connectivity index (χ1v) is 9.29. The van der Waals surface area contributed by atoms with Crippen LogP contribution in [0.3, 0.4) is 0 Å². The SMILES string of the molecule is O=C(Nc1nc2ccccc2s1)c1ccc(-n2cnc3ccccc32)cc1. The van der Waals surface area contributed by atoms with Crippen molar-refractivity contribution in [3.05, 3.63) is 84.7 Å². The number of carbonyl (C=O) groups is 1. The smallest absolute Gasteiger partial charge is 0.257 e. The fourth-order valence-electron chi connectivity index (χ4n) is 3.03. The molecule has 27 heavy (non-hydrogen) atoms. The van der Waals surface area contributed by atoms with Crippen LogP contribution in [-0.4, -0.2) is 20.4 Å². The summed E-state index contributed by atoms with van der Waals surface area (Å²) in [5.74, 6) is -0.170. The van der Waals surface area contributed by atoms with Gasteiger partial charge in [0.05, 0.1) is 21.3 Å². The second-order valence-corrected chi connectivity index (χ2v) is 7.12. The van der Waals surface area contributed by atoms with Crippen LogP contribution in [0, 0.1) is 0 Å². The maximum absolute atomic E-state index is 12.5. The summed E-state index contributed by atoms with van der Waals surface area (Å²) in [6.07, 6.45) is 1.79. The highest BCUT2D eigenvalue weighted by Gasteiger charge is 2.11. The number of anilines is 1. The second kappa shape index (κ2) is 6.34. The Labute approximate surface area is 158 Å². The van der Waals surface area contributed by atoms with E-state index < -0.39 is 0 Å². The zero-order valence-corrected chi connectivity index (χ0v) is 15.0. The normalized spacial score (nSPS) is 11.1. The molecule has 0 bridgehead atoms. The number of nitrogens with one attached hydrogen (secondary N) is 1. The van der Waals surface area contributed by atoms with Crippen molar-refractivity contribution in [3.8, 4) is 5.69 Å². The van der Waals surface area contributed by atoms with Gasteiger partial charge in [0.1, 0.15) is 6.33 Å². The Balaban J connectivity index is 1.40. The minimum atomic E-state index is -0.170. The summed E-state index contributed by atoms with van der Waals surface area (Å²) in [5, 5.41) is 3.48. The molecule has 0 atom stereocenters. The summed E-state index contributed by atoms with van der Waals surface area (Å²) in [4.78, 5) is 21.4. The number of imidazole rings is 1. The molecule has 2 heterocycles. The zero-order valence-electron chi connectivity index (χ0n) is 14.2. The molecule has 0 aliphatic rings. The van der Waals surface area contributed by atoms with Crippen LogP contribution in [0.4, 0.5) is 5.13 Å². The van der Waals surface area contributed by atoms with Crippen LogP contribution < -0.4 is 5.32 Å². The van der Waals surface area contributed by atoms with Gasteiger partial charge >= 0.3 is 0 Å². The molecule has 0 aliphatic carbocycles. The number of amides is 1. The van der Waals surface area contributed by atoms with Gasteiger partial charge in [0.15, 0.2) is 5.13 Å². The minimum Gasteiger partial charge on any atom is -0.299 e. The highest BCUT2D eigenvalue weighted by Crippen LogP contribution is 2.26. The van der Waals surface area contributed by atoms with E-state index in [1.807, 2.05) is 77.4 Å². The summed E-state index contributed by atoms with van der Waals surface area (Å²) in [7, 11) is 0. The molecule has 5 rings (SSSR count). The van der Waals surface area contributed by atoms with Gasteiger partial charge in [0.25, 0.3) is 5.91 Å². The molecule has 2 aromatic heterocycles. The fraction of sp³-hybridized carbons (Fsp3) is 0. The van der Waals surface area contributed by atoms with Gasteiger partial charge in [0.2, 0.25) is 0 Å². The van der Waals surface area contributed by atoms with Gasteiger partial charge in [-0.05, 0) is 48.5 Å². The van der Waals surface area contributed by atoms with E-state index in [-0.39, 0.29) is 5.91 Å². The lowest BCUT2D eigenvalue weighted by atomic mass is 10.2. The number of carbonyl (C=O) groups excluding carboxylic acids is 1. The molecule has 5 nitrogen and oxygen atoms in total. The number of hydrogen-bond acceptors (Lipinski definition) is 4. The van der Waals surface area contributed by atoms with Crippen molar-refractivity contribution >= 4 is 43.6 Å². The zero-order chi connectivity index (χ0) is 18.2. The Hall–Kier alpha value is -3.51. The van der Waals surface area contributed by atoms with Crippen molar-refractivity contribution in [2.24, 2.45) is 0 Å². The van der Waals surface area contributed by atoms with E-state index in [9.17, 15) is 4.79 Å². The summed E-state index contributed by atoms with van der Waals surface area (Å²) < 4.78 is 3.06. The molecule has 130 valence electrons. The van der Waals surface area contributed by atoms with Gasteiger partial charge in [-0.25, -0.2) is 9.97 Å². The maximum atomic E-state index is 12.5. The van der Waals surface area contributed by atoms with Crippen molar-refractivity contribution in [1.29, 1.82) is 0 Å². The number of para-hydroxylation sites is 3. The van der Waals surface area contributed by atoms with Crippen molar-refractivity contribution in [3.63, 3.8) is 0 Å². The monoisotopic (exact) mass is 370 g/mol. The fourth-order valence-corrected chi connectivity index (χ4v) is 3.89. The topological polar surface area (TPSA) is 59.8 Å². The lowest BCUT2D eigenvalue weighted by Crippen LogP contribution is -2.11. The first kappa shape index (κ1) is 15.7. The van der Waals surface area contributed by atoms with Crippen molar-refractivity contribution in [2.45, 2.75) is 0 Å². The highest BCUT2D eigenvalue weighted by atomic mass is 32.1. The van der Waals surface area contributed by atoms with Gasteiger partial charge in [-0.2, -0.15) is 0 Å². The van der Waals surface area contributed by atoms with Crippen LogP contribution in [0.1, 0.15) is 10.4 Å². The predicted octanol–water partition coefficient (Wildman–Crippen LogP) is 4.89. The van der Waals surface area contributed by atoms with Gasteiger partial charge in [-0.3, -0.25) is 14.7 Å². The van der Waals surface area contributed by atoms with E-state index in [1.54, 1.807) is 6.33 Å². The van der Waals surface area contributed by atoms with Crippen LogP contribution in [-0.2, 0) is 0 Å². The van der Waals surface area contributed by atoms with Crippen molar-refractivity contribution in [2.75, 3.05) is 5.32 Å². The summed E-state index contributed by atoms with van der Waals surface area (Å²) in [6, 6.07) is 23.2. The largest absolute Gasteiger partial charge is 0.299 e. The van der Waals surface area contributed by atoms with E-state index >= 15 is 0 Å². The molecule has 1 N–H and O–H groups in total. The van der Waals surface area contributed by atoms with Crippen LogP contribution in [0.5, 0.6) is 0 Å². The van der Waals surface area contributed by atoms with Gasteiger partial charge in [-0.15, -0.1) is 0 Å². The van der Waals surface area contributed by atoms with E-state index in [2.05, 4.69) is 15.3 Å². The van der Waals surface area contributed by atoms with E-state index in [1.165, 1.54) is 11.3 Å². The molecule has 0 unspecified atom stereocenters. The molecule has 0 radical (unpaired) electrons. The molecular formula is C21H14N4OS. The molecule has 0 saturated carbocycles. The second-order valence-electron chi connectivity index (χ2n) is 6.09. The molecule has 0 fully saturated rings. The molecule has 5 aromatic rings. The predicted molar refractivity (Wildman–Crippen MR) is 109 cm³/mol. The maximum Gasteiger partial charge on any atom is 0.257 e. The third-order valence-electron chi connectivity index (χ3n) is 4.38. The number of nitrogens with zero attached hydrogens (tertiary/aromatic N) is 3. The molecule has 0 aliphatic heterocycles. The van der Waals surface area contributed by atoms with Crippen LogP contribution in [0.15, 0.2) is 79.1 Å². The summed E-state index contributed by atoms with van der Waals surface area (Å²) >= 11 is 1.47. The molecule has 6 heteroatoms. The average Bonchev–Trinajstić information content (AvgIpc) is 3.31. The quantitative estimate of drug-likeness (QED) is 0.492. The highest BCUT2D eigenvalue weighted by molar-refractivity contribution is 7.22. The number of rotatable bonds is 3. The molecular weight excluding hydrogens is 356 g/mol. The number of fused-ring (bicyclic) bond motifs is 2. The molecule has 0 spiro atoms. The Kier molecular flexibility index (Phi) is 3.69. The van der Waals surface area contributed by atoms with E-state index in [0.717, 1.165) is 26.9 Å². The van der Waals surface area contributed by atoms with Crippen molar-refractivity contribution < 1.29 is 4.79 Å². The lowest BCUT2D eigenvalue weighted by molar-refractivity contribution is 0.102. The van der Waals surface area contributed by atoms with E-state index in [0.29, 0.717) is 10.7 Å². The molecule has 0 saturated heterocycles. The Morgan fingerprint density at radius 1 is 0.889 bits per heavy atom. The first-order valence-electron chi connectivity index (χ1n) is 8.47. The summed E-state index contributed by atoms with van der Waals surface area (Å²) in [5.41, 5.74) is 4.40. The third kappa shape index (κ3) is 2.86. The van der Waals surface area contributed by atoms with Crippen LogP contribution in [0.2, 0.25) is 0 Å². The number of aromatic nitrogens is 3. The standard InChI is InChI=1S/C21H14N4OS/c26-20(24-21-23-17-6-2-4-8-19(17)27-21)14-9-11-15(12-10-14)25-13-22-16-5-1-3-7-18(16)25/h1-13H,(H,23,24,26). The summed E-state index contributed by atoms with van der Waals surface area (Å²) in [6.45, 7) is 0. The Bertz CT molecular complexity index is 1240. The van der Waals surface area contributed by atoms with Gasteiger partial charge in [-0.1, -0.05) is 35.6 Å². The first-order chi connectivity index (χ1) is 13.3.